The Morgan fingerprint density at radius 3 is 2.47 bits per heavy atom. The van der Waals surface area contributed by atoms with E-state index in [0.717, 1.165) is 10.0 Å². The zero-order valence-electron chi connectivity index (χ0n) is 10.4. The summed E-state index contributed by atoms with van der Waals surface area (Å²) in [5, 5.41) is 0. The fourth-order valence-corrected chi connectivity index (χ4v) is 2.10. The third-order valence-electron chi connectivity index (χ3n) is 1.96. The Kier molecular flexibility index (Phi) is 4.55. The van der Waals surface area contributed by atoms with Crippen molar-refractivity contribution in [2.45, 2.75) is 19.6 Å². The predicted octanol–water partition coefficient (Wildman–Crippen LogP) is 3.46. The minimum absolute atomic E-state index is 0.338. The SMILES string of the molecule is COC(=O)c1ccc(C#C[Si](C)(C)C)c(Br)c1. The number of hydrogen-bond donors (Lipinski definition) is 0. The van der Waals surface area contributed by atoms with Crippen LogP contribution in [0.4, 0.5) is 0 Å². The van der Waals surface area contributed by atoms with E-state index in [0.29, 0.717) is 5.56 Å². The third kappa shape index (κ3) is 4.37. The first-order chi connectivity index (χ1) is 7.83. The van der Waals surface area contributed by atoms with Gasteiger partial charge >= 0.3 is 5.97 Å². The summed E-state index contributed by atoms with van der Waals surface area (Å²) in [6.07, 6.45) is 0. The second kappa shape index (κ2) is 5.52. The second-order valence-corrected chi connectivity index (χ2v) is 10.3. The van der Waals surface area contributed by atoms with Crippen molar-refractivity contribution in [2.75, 3.05) is 7.11 Å². The number of benzene rings is 1. The first kappa shape index (κ1) is 14.0. The fourth-order valence-electron chi connectivity index (χ4n) is 1.12. The van der Waals surface area contributed by atoms with Gasteiger partial charge in [-0.2, -0.15) is 0 Å². The van der Waals surface area contributed by atoms with Crippen LogP contribution >= 0.6 is 15.9 Å². The van der Waals surface area contributed by atoms with Crippen LogP contribution in [0.15, 0.2) is 22.7 Å². The Morgan fingerprint density at radius 1 is 1.35 bits per heavy atom. The van der Waals surface area contributed by atoms with Crippen molar-refractivity contribution in [3.63, 3.8) is 0 Å². The largest absolute Gasteiger partial charge is 0.465 e. The minimum atomic E-state index is -1.38. The summed E-state index contributed by atoms with van der Waals surface area (Å²) in [5.41, 5.74) is 4.71. The Balaban J connectivity index is 3.05. The molecule has 0 radical (unpaired) electrons. The van der Waals surface area contributed by atoms with Gasteiger partial charge in [-0.3, -0.25) is 0 Å². The van der Waals surface area contributed by atoms with Crippen molar-refractivity contribution < 1.29 is 9.53 Å². The molecule has 1 aromatic rings. The molecule has 0 N–H and O–H groups in total. The number of esters is 1. The van der Waals surface area contributed by atoms with Crippen molar-refractivity contribution in [2.24, 2.45) is 0 Å². The highest BCUT2D eigenvalue weighted by molar-refractivity contribution is 9.10. The lowest BCUT2D eigenvalue weighted by atomic mass is 10.1. The van der Waals surface area contributed by atoms with Gasteiger partial charge in [0.05, 0.1) is 12.7 Å². The smallest absolute Gasteiger partial charge is 0.337 e. The summed E-state index contributed by atoms with van der Waals surface area (Å²) in [6, 6.07) is 5.30. The molecule has 0 amide bonds. The van der Waals surface area contributed by atoms with E-state index in [1.165, 1.54) is 7.11 Å². The molecule has 0 saturated carbocycles. The molecular weight excluding hydrogens is 296 g/mol. The second-order valence-electron chi connectivity index (χ2n) is 4.69. The van der Waals surface area contributed by atoms with E-state index in [2.05, 4.69) is 51.8 Å². The molecule has 0 aliphatic carbocycles. The third-order valence-corrected chi connectivity index (χ3v) is 3.49. The van der Waals surface area contributed by atoms with Crippen molar-refractivity contribution in [3.8, 4) is 11.5 Å². The van der Waals surface area contributed by atoms with Crippen LogP contribution in [0.25, 0.3) is 0 Å². The predicted molar refractivity (Wildman–Crippen MR) is 75.7 cm³/mol. The molecule has 0 aromatic heterocycles. The van der Waals surface area contributed by atoms with E-state index < -0.39 is 8.07 Å². The van der Waals surface area contributed by atoms with Crippen LogP contribution in [0.2, 0.25) is 19.6 Å². The van der Waals surface area contributed by atoms with E-state index in [1.807, 2.05) is 6.07 Å². The van der Waals surface area contributed by atoms with Crippen LogP contribution < -0.4 is 0 Å². The topological polar surface area (TPSA) is 26.3 Å². The van der Waals surface area contributed by atoms with Gasteiger partial charge in [0, 0.05) is 10.0 Å². The van der Waals surface area contributed by atoms with Crippen molar-refractivity contribution in [1.29, 1.82) is 0 Å². The fraction of sp³-hybridized carbons (Fsp3) is 0.308. The average Bonchev–Trinajstić information content (AvgIpc) is 2.25. The molecular formula is C13H15BrO2Si. The molecule has 0 fully saturated rings. The summed E-state index contributed by atoms with van der Waals surface area (Å²) in [4.78, 5) is 11.3. The van der Waals surface area contributed by atoms with Gasteiger partial charge in [-0.1, -0.05) is 25.6 Å². The Hall–Kier alpha value is -1.05. The lowest BCUT2D eigenvalue weighted by molar-refractivity contribution is 0.0600. The van der Waals surface area contributed by atoms with Gasteiger partial charge in [-0.15, -0.1) is 5.54 Å². The van der Waals surface area contributed by atoms with Crippen LogP contribution in [0.1, 0.15) is 15.9 Å². The molecule has 17 heavy (non-hydrogen) atoms. The zero-order chi connectivity index (χ0) is 13.1. The molecule has 0 atom stereocenters. The molecule has 1 aromatic carbocycles. The lowest BCUT2D eigenvalue weighted by Crippen LogP contribution is -2.16. The van der Waals surface area contributed by atoms with Gasteiger partial charge in [-0.05, 0) is 34.1 Å². The molecule has 0 aliphatic rings. The van der Waals surface area contributed by atoms with Crippen molar-refractivity contribution in [3.05, 3.63) is 33.8 Å². The van der Waals surface area contributed by atoms with E-state index in [-0.39, 0.29) is 5.97 Å². The Labute approximate surface area is 112 Å². The quantitative estimate of drug-likeness (QED) is 0.451. The van der Waals surface area contributed by atoms with E-state index in [1.54, 1.807) is 12.1 Å². The number of halogens is 1. The molecule has 2 nitrogen and oxygen atoms in total. The maximum Gasteiger partial charge on any atom is 0.337 e. The summed E-state index contributed by atoms with van der Waals surface area (Å²) < 4.78 is 5.48. The number of methoxy groups -OCH3 is 1. The van der Waals surface area contributed by atoms with E-state index in [9.17, 15) is 4.79 Å². The minimum Gasteiger partial charge on any atom is -0.465 e. The monoisotopic (exact) mass is 310 g/mol. The van der Waals surface area contributed by atoms with E-state index >= 15 is 0 Å². The standard InChI is InChI=1S/C13H15BrO2Si/c1-16-13(15)11-6-5-10(12(14)9-11)7-8-17(2,3)4/h5-6,9H,1-4H3. The lowest BCUT2D eigenvalue weighted by Gasteiger charge is -2.05. The zero-order valence-corrected chi connectivity index (χ0v) is 13.0. The van der Waals surface area contributed by atoms with Crippen LogP contribution in [0.3, 0.4) is 0 Å². The van der Waals surface area contributed by atoms with Gasteiger partial charge in [-0.25, -0.2) is 4.79 Å². The number of rotatable bonds is 1. The van der Waals surface area contributed by atoms with Gasteiger partial charge in [0.2, 0.25) is 0 Å². The normalized spacial score (nSPS) is 10.4. The van der Waals surface area contributed by atoms with Crippen LogP contribution in [-0.2, 0) is 4.74 Å². The number of carbonyl (C=O) groups is 1. The molecule has 1 rings (SSSR count). The number of carbonyl (C=O) groups excluding carboxylic acids is 1. The maximum atomic E-state index is 11.3. The molecule has 4 heteroatoms. The van der Waals surface area contributed by atoms with Crippen molar-refractivity contribution >= 4 is 30.0 Å². The van der Waals surface area contributed by atoms with Gasteiger partial charge in [0.15, 0.2) is 0 Å². The van der Waals surface area contributed by atoms with Gasteiger partial charge in [0.25, 0.3) is 0 Å². The Bertz CT molecular complexity index is 492. The molecule has 0 unspecified atom stereocenters. The first-order valence-electron chi connectivity index (χ1n) is 5.24. The Morgan fingerprint density at radius 2 is 2.00 bits per heavy atom. The highest BCUT2D eigenvalue weighted by Crippen LogP contribution is 2.18. The summed E-state index contributed by atoms with van der Waals surface area (Å²) in [5.74, 6) is 2.81. The molecule has 0 saturated heterocycles. The molecule has 0 spiro atoms. The summed E-state index contributed by atoms with van der Waals surface area (Å²) in [7, 11) is -0.00861. The highest BCUT2D eigenvalue weighted by Gasteiger charge is 2.09. The average molecular weight is 311 g/mol. The molecule has 90 valence electrons. The maximum absolute atomic E-state index is 11.3. The number of hydrogen-bond acceptors (Lipinski definition) is 2. The molecule has 0 aliphatic heterocycles. The first-order valence-corrected chi connectivity index (χ1v) is 9.54. The summed E-state index contributed by atoms with van der Waals surface area (Å²) >= 11 is 3.42. The van der Waals surface area contributed by atoms with Crippen molar-refractivity contribution in [1.82, 2.24) is 0 Å². The van der Waals surface area contributed by atoms with E-state index in [4.69, 9.17) is 0 Å². The van der Waals surface area contributed by atoms with Gasteiger partial charge < -0.3 is 4.74 Å². The molecule has 0 heterocycles. The number of ether oxygens (including phenoxy) is 1. The molecule has 0 bridgehead atoms. The highest BCUT2D eigenvalue weighted by atomic mass is 79.9. The van der Waals surface area contributed by atoms with Gasteiger partial charge in [0.1, 0.15) is 8.07 Å². The van der Waals surface area contributed by atoms with Crippen LogP contribution in [0.5, 0.6) is 0 Å². The van der Waals surface area contributed by atoms with Crippen LogP contribution in [-0.4, -0.2) is 21.2 Å². The van der Waals surface area contributed by atoms with Crippen LogP contribution in [0, 0.1) is 11.5 Å². The summed E-state index contributed by atoms with van der Waals surface area (Å²) in [6.45, 7) is 6.57.